The molecule has 0 aliphatic rings. The van der Waals surface area contributed by atoms with Gasteiger partial charge in [-0.3, -0.25) is 0 Å². The van der Waals surface area contributed by atoms with Crippen molar-refractivity contribution in [2.45, 2.75) is 26.2 Å². The minimum absolute atomic E-state index is 0.156. The maximum absolute atomic E-state index is 5.60. The molecule has 0 heterocycles. The molecular weight excluding hydrogens is 264 g/mol. The van der Waals surface area contributed by atoms with Crippen LogP contribution in [0, 0.1) is 0 Å². The summed E-state index contributed by atoms with van der Waals surface area (Å²) in [5.41, 5.74) is 1.33. The third-order valence-electron chi connectivity index (χ3n) is 3.57. The van der Waals surface area contributed by atoms with Gasteiger partial charge in [0.15, 0.2) is 11.5 Å². The lowest BCUT2D eigenvalue weighted by atomic mass is 9.99. The molecule has 0 saturated heterocycles. The zero-order chi connectivity index (χ0) is 15.1. The summed E-state index contributed by atoms with van der Waals surface area (Å²) >= 11 is 0. The second-order valence-corrected chi connectivity index (χ2v) is 4.94. The molecule has 0 bridgehead atoms. The van der Waals surface area contributed by atoms with Crippen LogP contribution in [0.15, 0.2) is 48.5 Å². The van der Waals surface area contributed by atoms with Crippen molar-refractivity contribution in [3.63, 3.8) is 0 Å². The number of rotatable bonds is 7. The quantitative estimate of drug-likeness (QED) is 0.695. The molecule has 1 unspecified atom stereocenters. The molecule has 0 N–H and O–H groups in total. The molecule has 21 heavy (non-hydrogen) atoms. The predicted octanol–water partition coefficient (Wildman–Crippen LogP) is 4.62. The Morgan fingerprint density at radius 1 is 0.905 bits per heavy atom. The summed E-state index contributed by atoms with van der Waals surface area (Å²) < 4.78 is 16.4. The third-order valence-corrected chi connectivity index (χ3v) is 3.57. The zero-order valence-corrected chi connectivity index (χ0v) is 12.8. The van der Waals surface area contributed by atoms with Gasteiger partial charge in [0.25, 0.3) is 0 Å². The summed E-state index contributed by atoms with van der Waals surface area (Å²) in [5.74, 6) is 2.75. The second-order valence-electron chi connectivity index (χ2n) is 4.94. The molecule has 0 radical (unpaired) electrons. The van der Waals surface area contributed by atoms with Crippen molar-refractivity contribution in [3.8, 4) is 17.2 Å². The van der Waals surface area contributed by atoms with E-state index in [0.717, 1.165) is 12.2 Å². The molecule has 0 aliphatic heterocycles. The van der Waals surface area contributed by atoms with Gasteiger partial charge in [-0.15, -0.1) is 0 Å². The molecule has 0 aliphatic carbocycles. The number of ether oxygens (including phenoxy) is 3. The van der Waals surface area contributed by atoms with E-state index < -0.39 is 0 Å². The number of para-hydroxylation sites is 2. The molecule has 0 fully saturated rings. The van der Waals surface area contributed by atoms with Gasteiger partial charge in [0.1, 0.15) is 5.75 Å². The molecule has 3 heteroatoms. The Hall–Kier alpha value is -2.16. The lowest BCUT2D eigenvalue weighted by molar-refractivity contribution is 0.116. The lowest BCUT2D eigenvalue weighted by Crippen LogP contribution is -2.06. The lowest BCUT2D eigenvalue weighted by Gasteiger charge is -2.12. The maximum atomic E-state index is 5.60. The van der Waals surface area contributed by atoms with Gasteiger partial charge in [-0.25, -0.2) is 0 Å². The van der Waals surface area contributed by atoms with Crippen LogP contribution >= 0.6 is 0 Å². The first-order valence-electron chi connectivity index (χ1n) is 7.23. The van der Waals surface area contributed by atoms with Crippen molar-refractivity contribution >= 4 is 0 Å². The second kappa shape index (κ2) is 7.58. The summed E-state index contributed by atoms with van der Waals surface area (Å²) in [6, 6.07) is 15.7. The fourth-order valence-electron chi connectivity index (χ4n) is 2.03. The first-order chi connectivity index (χ1) is 10.2. The van der Waals surface area contributed by atoms with Gasteiger partial charge in [-0.1, -0.05) is 38.1 Å². The topological polar surface area (TPSA) is 27.7 Å². The van der Waals surface area contributed by atoms with E-state index in [0.29, 0.717) is 17.4 Å². The van der Waals surface area contributed by atoms with Crippen molar-refractivity contribution in [1.29, 1.82) is 0 Å². The Balaban J connectivity index is 1.88. The number of hydrogen-bond donors (Lipinski definition) is 0. The highest BCUT2D eigenvalue weighted by Crippen LogP contribution is 2.26. The van der Waals surface area contributed by atoms with Gasteiger partial charge in [0.2, 0.25) is 6.79 Å². The summed E-state index contributed by atoms with van der Waals surface area (Å²) in [6.07, 6.45) is 1.14. The Labute approximate surface area is 126 Å². The van der Waals surface area contributed by atoms with Crippen LogP contribution in [0.4, 0.5) is 0 Å². The summed E-state index contributed by atoms with van der Waals surface area (Å²) in [6.45, 7) is 4.57. The minimum Gasteiger partial charge on any atom is -0.493 e. The largest absolute Gasteiger partial charge is 0.493 e. The van der Waals surface area contributed by atoms with Crippen molar-refractivity contribution in [2.24, 2.45) is 0 Å². The van der Waals surface area contributed by atoms with E-state index >= 15 is 0 Å². The van der Waals surface area contributed by atoms with Gasteiger partial charge in [-0.05, 0) is 42.2 Å². The molecule has 0 saturated carbocycles. The van der Waals surface area contributed by atoms with E-state index in [1.807, 2.05) is 36.4 Å². The van der Waals surface area contributed by atoms with Crippen LogP contribution in [0.25, 0.3) is 0 Å². The Morgan fingerprint density at radius 2 is 1.57 bits per heavy atom. The number of methoxy groups -OCH3 is 1. The Kier molecular flexibility index (Phi) is 5.50. The molecule has 1 atom stereocenters. The van der Waals surface area contributed by atoms with E-state index in [1.54, 1.807) is 7.11 Å². The predicted molar refractivity (Wildman–Crippen MR) is 84.3 cm³/mol. The van der Waals surface area contributed by atoms with Crippen LogP contribution in [-0.4, -0.2) is 13.9 Å². The molecule has 2 rings (SSSR count). The molecular formula is C18H22O3. The van der Waals surface area contributed by atoms with Crippen LogP contribution in [0.1, 0.15) is 31.7 Å². The average Bonchev–Trinajstić information content (AvgIpc) is 2.55. The summed E-state index contributed by atoms with van der Waals surface area (Å²) in [7, 11) is 1.62. The van der Waals surface area contributed by atoms with Gasteiger partial charge < -0.3 is 14.2 Å². The standard InChI is InChI=1S/C18H22O3/c1-4-14(2)15-9-11-16(12-10-15)20-13-21-18-8-6-5-7-17(18)19-3/h5-12,14H,4,13H2,1-3H3. The molecule has 3 nitrogen and oxygen atoms in total. The monoisotopic (exact) mass is 286 g/mol. The van der Waals surface area contributed by atoms with E-state index in [9.17, 15) is 0 Å². The van der Waals surface area contributed by atoms with Crippen molar-refractivity contribution in [3.05, 3.63) is 54.1 Å². The zero-order valence-electron chi connectivity index (χ0n) is 12.8. The van der Waals surface area contributed by atoms with Crippen LogP contribution in [-0.2, 0) is 0 Å². The minimum atomic E-state index is 0.156. The van der Waals surface area contributed by atoms with Gasteiger partial charge in [0.05, 0.1) is 7.11 Å². The highest BCUT2D eigenvalue weighted by Gasteiger charge is 2.04. The van der Waals surface area contributed by atoms with Crippen LogP contribution < -0.4 is 14.2 Å². The first kappa shape index (κ1) is 15.2. The molecule has 0 aromatic heterocycles. The Bertz CT molecular complexity index is 549. The normalized spacial score (nSPS) is 11.8. The molecule has 0 amide bonds. The smallest absolute Gasteiger partial charge is 0.231 e. The fourth-order valence-corrected chi connectivity index (χ4v) is 2.03. The number of hydrogen-bond acceptors (Lipinski definition) is 3. The third kappa shape index (κ3) is 4.15. The van der Waals surface area contributed by atoms with Gasteiger partial charge in [0, 0.05) is 0 Å². The summed E-state index contributed by atoms with van der Waals surface area (Å²) in [4.78, 5) is 0. The molecule has 112 valence electrons. The highest BCUT2D eigenvalue weighted by atomic mass is 16.7. The Morgan fingerprint density at radius 3 is 2.19 bits per heavy atom. The molecule has 2 aromatic carbocycles. The number of benzene rings is 2. The first-order valence-corrected chi connectivity index (χ1v) is 7.23. The van der Waals surface area contributed by atoms with E-state index in [-0.39, 0.29) is 6.79 Å². The average molecular weight is 286 g/mol. The van der Waals surface area contributed by atoms with Crippen molar-refractivity contribution in [1.82, 2.24) is 0 Å². The maximum Gasteiger partial charge on any atom is 0.231 e. The highest BCUT2D eigenvalue weighted by molar-refractivity contribution is 5.39. The van der Waals surface area contributed by atoms with Crippen molar-refractivity contribution in [2.75, 3.05) is 13.9 Å². The molecule has 2 aromatic rings. The van der Waals surface area contributed by atoms with E-state index in [4.69, 9.17) is 14.2 Å². The van der Waals surface area contributed by atoms with Gasteiger partial charge >= 0.3 is 0 Å². The summed E-state index contributed by atoms with van der Waals surface area (Å²) in [5, 5.41) is 0. The van der Waals surface area contributed by atoms with E-state index in [2.05, 4.69) is 26.0 Å². The van der Waals surface area contributed by atoms with E-state index in [1.165, 1.54) is 5.56 Å². The SMILES string of the molecule is CCC(C)c1ccc(OCOc2ccccc2OC)cc1. The van der Waals surface area contributed by atoms with Gasteiger partial charge in [-0.2, -0.15) is 0 Å². The van der Waals surface area contributed by atoms with Crippen LogP contribution in [0.5, 0.6) is 17.2 Å². The van der Waals surface area contributed by atoms with Crippen molar-refractivity contribution < 1.29 is 14.2 Å². The van der Waals surface area contributed by atoms with Crippen LogP contribution in [0.2, 0.25) is 0 Å². The fraction of sp³-hybridized carbons (Fsp3) is 0.333. The molecule has 0 spiro atoms. The van der Waals surface area contributed by atoms with Crippen LogP contribution in [0.3, 0.4) is 0 Å².